The van der Waals surface area contributed by atoms with Crippen LogP contribution in [-0.2, 0) is 20.0 Å². The molecule has 0 aromatic heterocycles. The SMILES string of the molecule is Cc1ccc(S(=O)(=O)Nc2cccc(S(=O)(=O)NC3=NCCCCC3)c2)c(C)c1. The molecule has 156 valence electrons. The van der Waals surface area contributed by atoms with Crippen LogP contribution in [0.3, 0.4) is 0 Å². The summed E-state index contributed by atoms with van der Waals surface area (Å²) in [5.74, 6) is 0.448. The summed E-state index contributed by atoms with van der Waals surface area (Å²) in [4.78, 5) is 4.42. The van der Waals surface area contributed by atoms with E-state index in [1.165, 1.54) is 24.3 Å². The highest BCUT2D eigenvalue weighted by Gasteiger charge is 2.20. The van der Waals surface area contributed by atoms with E-state index in [9.17, 15) is 16.8 Å². The fraction of sp³-hybridized carbons (Fsp3) is 0.350. The van der Waals surface area contributed by atoms with Gasteiger partial charge in [0.2, 0.25) is 0 Å². The van der Waals surface area contributed by atoms with Crippen LogP contribution in [0, 0.1) is 13.8 Å². The van der Waals surface area contributed by atoms with Crippen LogP contribution in [0.25, 0.3) is 0 Å². The number of benzene rings is 2. The maximum absolute atomic E-state index is 12.8. The van der Waals surface area contributed by atoms with E-state index in [-0.39, 0.29) is 15.5 Å². The lowest BCUT2D eigenvalue weighted by Crippen LogP contribution is -2.30. The molecule has 1 aliphatic rings. The van der Waals surface area contributed by atoms with Gasteiger partial charge in [-0.1, -0.05) is 30.2 Å². The summed E-state index contributed by atoms with van der Waals surface area (Å²) < 4.78 is 56.0. The Bertz CT molecular complexity index is 1140. The smallest absolute Gasteiger partial charge is 0.262 e. The topological polar surface area (TPSA) is 105 Å². The van der Waals surface area contributed by atoms with Gasteiger partial charge in [-0.15, -0.1) is 0 Å². The molecule has 2 N–H and O–H groups in total. The van der Waals surface area contributed by atoms with Crippen molar-refractivity contribution in [3.05, 3.63) is 53.6 Å². The quantitative estimate of drug-likeness (QED) is 0.751. The van der Waals surface area contributed by atoms with Crippen molar-refractivity contribution in [3.8, 4) is 0 Å². The van der Waals surface area contributed by atoms with Gasteiger partial charge in [0.25, 0.3) is 20.0 Å². The molecule has 0 unspecified atom stereocenters. The average molecular weight is 436 g/mol. The first-order valence-corrected chi connectivity index (χ1v) is 12.4. The molecule has 0 atom stereocenters. The fourth-order valence-corrected chi connectivity index (χ4v) is 5.62. The molecule has 2 aromatic rings. The zero-order chi connectivity index (χ0) is 21.1. The minimum absolute atomic E-state index is 0.0229. The average Bonchev–Trinajstić information content (AvgIpc) is 2.89. The molecule has 2 aromatic carbocycles. The molecule has 3 rings (SSSR count). The number of nitrogens with one attached hydrogen (secondary N) is 2. The normalized spacial score (nSPS) is 15.3. The second kappa shape index (κ2) is 8.54. The lowest BCUT2D eigenvalue weighted by molar-refractivity contribution is 0.591. The van der Waals surface area contributed by atoms with Crippen LogP contribution in [0.5, 0.6) is 0 Å². The molecule has 0 amide bonds. The lowest BCUT2D eigenvalue weighted by atomic mass is 10.2. The van der Waals surface area contributed by atoms with Crippen LogP contribution in [0.15, 0.2) is 57.2 Å². The van der Waals surface area contributed by atoms with Crippen molar-refractivity contribution in [1.82, 2.24) is 4.72 Å². The van der Waals surface area contributed by atoms with Crippen molar-refractivity contribution in [2.75, 3.05) is 11.3 Å². The minimum Gasteiger partial charge on any atom is -0.280 e. The van der Waals surface area contributed by atoms with Crippen LogP contribution in [-0.4, -0.2) is 29.2 Å². The van der Waals surface area contributed by atoms with E-state index >= 15 is 0 Å². The van der Waals surface area contributed by atoms with Gasteiger partial charge in [-0.25, -0.2) is 16.8 Å². The van der Waals surface area contributed by atoms with Crippen LogP contribution in [0.4, 0.5) is 5.69 Å². The lowest BCUT2D eigenvalue weighted by Gasteiger charge is -2.13. The predicted molar refractivity (Wildman–Crippen MR) is 114 cm³/mol. The third-order valence-corrected chi connectivity index (χ3v) is 7.56. The van der Waals surface area contributed by atoms with Crippen LogP contribution in [0.1, 0.15) is 36.8 Å². The number of hydrogen-bond donors (Lipinski definition) is 2. The number of hydrogen-bond acceptors (Lipinski definition) is 5. The molecular formula is C20H25N3O4S2. The molecule has 0 spiro atoms. The first kappa shape index (κ1) is 21.3. The Hall–Kier alpha value is -2.39. The molecule has 0 radical (unpaired) electrons. The molecule has 0 saturated carbocycles. The molecule has 0 fully saturated rings. The van der Waals surface area contributed by atoms with Gasteiger partial charge < -0.3 is 0 Å². The first-order valence-electron chi connectivity index (χ1n) is 9.44. The van der Waals surface area contributed by atoms with Crippen molar-refractivity contribution in [2.24, 2.45) is 4.99 Å². The van der Waals surface area contributed by atoms with E-state index in [0.717, 1.165) is 24.8 Å². The zero-order valence-corrected chi connectivity index (χ0v) is 18.1. The van der Waals surface area contributed by atoms with Gasteiger partial charge in [0.05, 0.1) is 15.5 Å². The third kappa shape index (κ3) is 5.36. The molecule has 0 saturated heterocycles. The number of aryl methyl sites for hydroxylation is 2. The summed E-state index contributed by atoms with van der Waals surface area (Å²) in [5.41, 5.74) is 1.76. The van der Waals surface area contributed by atoms with Gasteiger partial charge >= 0.3 is 0 Å². The van der Waals surface area contributed by atoms with E-state index in [0.29, 0.717) is 24.4 Å². The largest absolute Gasteiger partial charge is 0.280 e. The van der Waals surface area contributed by atoms with E-state index < -0.39 is 20.0 Å². The summed E-state index contributed by atoms with van der Waals surface area (Å²) in [7, 11) is -7.69. The van der Waals surface area contributed by atoms with Gasteiger partial charge in [-0.2, -0.15) is 0 Å². The van der Waals surface area contributed by atoms with E-state index in [1.807, 2.05) is 6.92 Å². The van der Waals surface area contributed by atoms with Crippen molar-refractivity contribution >= 4 is 31.6 Å². The molecule has 7 nitrogen and oxygen atoms in total. The predicted octanol–water partition coefficient (Wildman–Crippen LogP) is 3.36. The molecule has 0 aliphatic carbocycles. The molecule has 9 heteroatoms. The Balaban J connectivity index is 1.84. The summed E-state index contributed by atoms with van der Waals surface area (Å²) in [5, 5.41) is 0. The Labute approximate surface area is 172 Å². The summed E-state index contributed by atoms with van der Waals surface area (Å²) >= 11 is 0. The molecule has 1 aliphatic heterocycles. The second-order valence-electron chi connectivity index (χ2n) is 7.15. The van der Waals surface area contributed by atoms with Crippen LogP contribution < -0.4 is 9.44 Å². The number of sulfonamides is 2. The van der Waals surface area contributed by atoms with E-state index in [1.54, 1.807) is 25.1 Å². The Kier molecular flexibility index (Phi) is 6.28. The summed E-state index contributed by atoms with van der Waals surface area (Å²) in [6.07, 6.45) is 3.43. The van der Waals surface area contributed by atoms with Crippen molar-refractivity contribution in [3.63, 3.8) is 0 Å². The highest BCUT2D eigenvalue weighted by Crippen LogP contribution is 2.22. The maximum atomic E-state index is 12.8. The number of nitrogens with zero attached hydrogens (tertiary/aromatic N) is 1. The number of anilines is 1. The van der Waals surface area contributed by atoms with E-state index in [2.05, 4.69) is 14.4 Å². The van der Waals surface area contributed by atoms with Crippen LogP contribution in [0.2, 0.25) is 0 Å². The van der Waals surface area contributed by atoms with Gasteiger partial charge in [-0.05, 0) is 56.5 Å². The minimum atomic E-state index is -3.85. The zero-order valence-electron chi connectivity index (χ0n) is 16.5. The number of amidine groups is 1. The summed E-state index contributed by atoms with van der Waals surface area (Å²) in [6.45, 7) is 4.21. The Morgan fingerprint density at radius 2 is 1.66 bits per heavy atom. The maximum Gasteiger partial charge on any atom is 0.262 e. The molecule has 29 heavy (non-hydrogen) atoms. The Morgan fingerprint density at radius 3 is 2.41 bits per heavy atom. The molecule has 1 heterocycles. The first-order chi connectivity index (χ1) is 13.7. The standard InChI is InChI=1S/C20H25N3O4S2/c1-15-10-11-19(16(2)13-15)29(26,27)22-17-7-6-8-18(14-17)28(24,25)23-20-9-4-3-5-12-21-20/h6-8,10-11,13-14,22H,3-5,9,12H2,1-2H3,(H,21,23). The molecule has 0 bridgehead atoms. The van der Waals surface area contributed by atoms with Crippen molar-refractivity contribution in [2.45, 2.75) is 49.3 Å². The third-order valence-electron chi connectivity index (χ3n) is 4.64. The number of rotatable bonds is 5. The number of aliphatic imine (C=N–C) groups is 1. The fourth-order valence-electron chi connectivity index (χ4n) is 3.21. The van der Waals surface area contributed by atoms with Crippen molar-refractivity contribution in [1.29, 1.82) is 0 Å². The molecular weight excluding hydrogens is 410 g/mol. The van der Waals surface area contributed by atoms with Crippen LogP contribution >= 0.6 is 0 Å². The monoisotopic (exact) mass is 435 g/mol. The second-order valence-corrected chi connectivity index (χ2v) is 10.5. The van der Waals surface area contributed by atoms with Gasteiger partial charge in [0.15, 0.2) is 0 Å². The van der Waals surface area contributed by atoms with Crippen molar-refractivity contribution < 1.29 is 16.8 Å². The summed E-state index contributed by atoms with van der Waals surface area (Å²) in [6, 6.07) is 10.8. The Morgan fingerprint density at radius 1 is 0.862 bits per heavy atom. The van der Waals surface area contributed by atoms with Gasteiger partial charge in [-0.3, -0.25) is 14.4 Å². The highest BCUT2D eigenvalue weighted by molar-refractivity contribution is 7.92. The van der Waals surface area contributed by atoms with E-state index in [4.69, 9.17) is 0 Å². The van der Waals surface area contributed by atoms with Gasteiger partial charge in [0, 0.05) is 13.0 Å². The van der Waals surface area contributed by atoms with Gasteiger partial charge in [0.1, 0.15) is 5.84 Å². The highest BCUT2D eigenvalue weighted by atomic mass is 32.2.